The monoisotopic (exact) mass is 313 g/mol. The molecule has 0 saturated carbocycles. The van der Waals surface area contributed by atoms with Gasteiger partial charge in [-0.1, -0.05) is 30.3 Å². The Morgan fingerprint density at radius 2 is 2.13 bits per heavy atom. The standard InChI is InChI=1S/C18H23N3O2/c1-20(15-10-7-11-16-14(15)12-19-21(16)2)18(22)17(23-3)13-8-5-4-6-9-13/h4-6,8-9,12,15,17H,7,10-11H2,1-3H3/t15-,17+/m1/s1. The van der Waals surface area contributed by atoms with Crippen molar-refractivity contribution in [3.8, 4) is 0 Å². The molecule has 1 heterocycles. The number of carbonyl (C=O) groups excluding carboxylic acids is 1. The van der Waals surface area contributed by atoms with Crippen molar-refractivity contribution in [2.45, 2.75) is 31.4 Å². The summed E-state index contributed by atoms with van der Waals surface area (Å²) in [5, 5.41) is 4.36. The Balaban J connectivity index is 1.85. The van der Waals surface area contributed by atoms with Crippen molar-refractivity contribution >= 4 is 5.91 Å². The predicted molar refractivity (Wildman–Crippen MR) is 87.8 cm³/mol. The summed E-state index contributed by atoms with van der Waals surface area (Å²) < 4.78 is 7.41. The van der Waals surface area contributed by atoms with Crippen molar-refractivity contribution in [2.75, 3.05) is 14.2 Å². The van der Waals surface area contributed by atoms with E-state index in [1.807, 2.05) is 60.2 Å². The van der Waals surface area contributed by atoms with Gasteiger partial charge in [-0.15, -0.1) is 0 Å². The molecule has 0 fully saturated rings. The third kappa shape index (κ3) is 2.88. The van der Waals surface area contributed by atoms with Gasteiger partial charge in [-0.25, -0.2) is 0 Å². The number of carbonyl (C=O) groups is 1. The predicted octanol–water partition coefficient (Wildman–Crippen LogP) is 2.64. The number of rotatable bonds is 4. The molecule has 0 aliphatic heterocycles. The number of likely N-dealkylation sites (N-methyl/N-ethyl adjacent to an activating group) is 1. The maximum Gasteiger partial charge on any atom is 0.256 e. The molecule has 0 radical (unpaired) electrons. The largest absolute Gasteiger partial charge is 0.367 e. The number of nitrogens with zero attached hydrogens (tertiary/aromatic N) is 3. The minimum atomic E-state index is -0.566. The Labute approximate surface area is 136 Å². The van der Waals surface area contributed by atoms with Crippen LogP contribution in [-0.2, 0) is 23.0 Å². The molecule has 5 nitrogen and oxygen atoms in total. The lowest BCUT2D eigenvalue weighted by atomic mass is 9.91. The van der Waals surface area contributed by atoms with E-state index < -0.39 is 6.10 Å². The van der Waals surface area contributed by atoms with E-state index in [2.05, 4.69) is 5.10 Å². The number of amides is 1. The molecule has 1 aromatic carbocycles. The molecule has 1 aliphatic carbocycles. The fraction of sp³-hybridized carbons (Fsp3) is 0.444. The van der Waals surface area contributed by atoms with Gasteiger partial charge in [0.2, 0.25) is 0 Å². The third-order valence-electron chi connectivity index (χ3n) is 4.72. The highest BCUT2D eigenvalue weighted by molar-refractivity contribution is 5.82. The number of fused-ring (bicyclic) bond motifs is 1. The number of hydrogen-bond donors (Lipinski definition) is 0. The molecule has 23 heavy (non-hydrogen) atoms. The minimum absolute atomic E-state index is 0.0135. The van der Waals surface area contributed by atoms with Gasteiger partial charge in [-0.2, -0.15) is 5.10 Å². The summed E-state index contributed by atoms with van der Waals surface area (Å²) in [4.78, 5) is 14.8. The van der Waals surface area contributed by atoms with Crippen LogP contribution in [0.2, 0.25) is 0 Å². The average molecular weight is 313 g/mol. The molecule has 0 saturated heterocycles. The van der Waals surface area contributed by atoms with E-state index in [1.165, 1.54) is 5.69 Å². The molecular weight excluding hydrogens is 290 g/mol. The minimum Gasteiger partial charge on any atom is -0.367 e. The molecule has 5 heteroatoms. The van der Waals surface area contributed by atoms with Crippen LogP contribution in [0.4, 0.5) is 0 Å². The van der Waals surface area contributed by atoms with Gasteiger partial charge in [0.1, 0.15) is 0 Å². The van der Waals surface area contributed by atoms with Gasteiger partial charge in [0.05, 0.1) is 12.2 Å². The van der Waals surface area contributed by atoms with E-state index in [4.69, 9.17) is 4.74 Å². The Morgan fingerprint density at radius 3 is 2.83 bits per heavy atom. The van der Waals surface area contributed by atoms with Crippen LogP contribution in [0, 0.1) is 0 Å². The Morgan fingerprint density at radius 1 is 1.39 bits per heavy atom. The molecule has 0 N–H and O–H groups in total. The van der Waals surface area contributed by atoms with Gasteiger partial charge < -0.3 is 9.64 Å². The van der Waals surface area contributed by atoms with Crippen LogP contribution in [0.3, 0.4) is 0 Å². The zero-order valence-corrected chi connectivity index (χ0v) is 13.9. The Hall–Kier alpha value is -2.14. The second-order valence-electron chi connectivity index (χ2n) is 6.05. The highest BCUT2D eigenvalue weighted by atomic mass is 16.5. The van der Waals surface area contributed by atoms with Gasteiger partial charge in [0.15, 0.2) is 6.10 Å². The zero-order chi connectivity index (χ0) is 16.4. The second-order valence-corrected chi connectivity index (χ2v) is 6.05. The van der Waals surface area contributed by atoms with Gasteiger partial charge in [0.25, 0.3) is 5.91 Å². The number of methoxy groups -OCH3 is 1. The molecule has 0 bridgehead atoms. The summed E-state index contributed by atoms with van der Waals surface area (Å²) in [5.41, 5.74) is 3.28. The first-order valence-electron chi connectivity index (χ1n) is 7.98. The first-order valence-corrected chi connectivity index (χ1v) is 7.98. The van der Waals surface area contributed by atoms with E-state index in [-0.39, 0.29) is 11.9 Å². The highest BCUT2D eigenvalue weighted by Crippen LogP contribution is 2.35. The van der Waals surface area contributed by atoms with Crippen LogP contribution in [-0.4, -0.2) is 34.7 Å². The molecular formula is C18H23N3O2. The third-order valence-corrected chi connectivity index (χ3v) is 4.72. The number of ether oxygens (including phenoxy) is 1. The van der Waals surface area contributed by atoms with E-state index in [0.29, 0.717) is 0 Å². The fourth-order valence-corrected chi connectivity index (χ4v) is 3.43. The Kier molecular flexibility index (Phi) is 4.48. The topological polar surface area (TPSA) is 47.4 Å². The van der Waals surface area contributed by atoms with Crippen molar-refractivity contribution in [1.29, 1.82) is 0 Å². The molecule has 1 amide bonds. The van der Waals surface area contributed by atoms with Crippen molar-refractivity contribution in [2.24, 2.45) is 7.05 Å². The molecule has 1 aliphatic rings. The van der Waals surface area contributed by atoms with Crippen molar-refractivity contribution in [3.63, 3.8) is 0 Å². The molecule has 2 atom stereocenters. The second kappa shape index (κ2) is 6.54. The van der Waals surface area contributed by atoms with Crippen LogP contribution in [0.15, 0.2) is 36.5 Å². The fourth-order valence-electron chi connectivity index (χ4n) is 3.43. The van der Waals surface area contributed by atoms with Crippen LogP contribution < -0.4 is 0 Å². The van der Waals surface area contributed by atoms with Crippen LogP contribution in [0.1, 0.15) is 41.8 Å². The molecule has 0 unspecified atom stereocenters. The zero-order valence-electron chi connectivity index (χ0n) is 13.9. The van der Waals surface area contributed by atoms with Gasteiger partial charge >= 0.3 is 0 Å². The lowest BCUT2D eigenvalue weighted by Gasteiger charge is -2.33. The van der Waals surface area contributed by atoms with Crippen LogP contribution in [0.25, 0.3) is 0 Å². The number of aromatic nitrogens is 2. The molecule has 1 aromatic heterocycles. The number of benzene rings is 1. The number of hydrogen-bond acceptors (Lipinski definition) is 3. The Bertz CT molecular complexity index is 681. The molecule has 122 valence electrons. The molecule has 2 aromatic rings. The molecule has 3 rings (SSSR count). The smallest absolute Gasteiger partial charge is 0.256 e. The average Bonchev–Trinajstić information content (AvgIpc) is 2.97. The van der Waals surface area contributed by atoms with Crippen molar-refractivity contribution < 1.29 is 9.53 Å². The van der Waals surface area contributed by atoms with Gasteiger partial charge in [-0.3, -0.25) is 9.48 Å². The lowest BCUT2D eigenvalue weighted by molar-refractivity contribution is -0.143. The normalized spacial score (nSPS) is 18.3. The van der Waals surface area contributed by atoms with E-state index in [9.17, 15) is 4.79 Å². The van der Waals surface area contributed by atoms with Crippen LogP contribution in [0.5, 0.6) is 0 Å². The van der Waals surface area contributed by atoms with E-state index >= 15 is 0 Å². The van der Waals surface area contributed by atoms with Crippen LogP contribution >= 0.6 is 0 Å². The summed E-state index contributed by atoms with van der Waals surface area (Å²) >= 11 is 0. The van der Waals surface area contributed by atoms with Gasteiger partial charge in [-0.05, 0) is 24.8 Å². The lowest BCUT2D eigenvalue weighted by Crippen LogP contribution is -2.37. The first-order chi connectivity index (χ1) is 11.1. The summed E-state index contributed by atoms with van der Waals surface area (Å²) in [7, 11) is 5.41. The first kappa shape index (κ1) is 15.7. The van der Waals surface area contributed by atoms with Crippen molar-refractivity contribution in [3.05, 3.63) is 53.3 Å². The van der Waals surface area contributed by atoms with Crippen molar-refractivity contribution in [1.82, 2.24) is 14.7 Å². The van der Waals surface area contributed by atoms with Gasteiger partial charge in [0, 0.05) is 32.5 Å². The van der Waals surface area contributed by atoms with E-state index in [1.54, 1.807) is 7.11 Å². The van der Waals surface area contributed by atoms with E-state index in [0.717, 1.165) is 30.4 Å². The quantitative estimate of drug-likeness (QED) is 0.872. The summed E-state index contributed by atoms with van der Waals surface area (Å²) in [6, 6.07) is 9.71. The maximum absolute atomic E-state index is 13.0. The highest BCUT2D eigenvalue weighted by Gasteiger charge is 2.32. The summed E-state index contributed by atoms with van der Waals surface area (Å²) in [6.45, 7) is 0. The molecule has 0 spiro atoms. The maximum atomic E-state index is 13.0. The number of aryl methyl sites for hydroxylation is 1. The summed E-state index contributed by atoms with van der Waals surface area (Å²) in [6.07, 6.45) is 4.39. The summed E-state index contributed by atoms with van der Waals surface area (Å²) in [5.74, 6) is -0.0135. The SMILES string of the molecule is CO[C@H](C(=O)N(C)[C@@H]1CCCc2c1cnn2C)c1ccccc1.